The zero-order chi connectivity index (χ0) is 20.2. The van der Waals surface area contributed by atoms with Crippen LogP contribution >= 0.6 is 0 Å². The van der Waals surface area contributed by atoms with Gasteiger partial charge < -0.3 is 19.5 Å². The van der Waals surface area contributed by atoms with Gasteiger partial charge in [-0.2, -0.15) is 0 Å². The van der Waals surface area contributed by atoms with E-state index in [1.165, 1.54) is 38.6 Å². The van der Waals surface area contributed by atoms with Crippen molar-refractivity contribution in [3.8, 4) is 0 Å². The maximum absolute atomic E-state index is 12.1. The minimum atomic E-state index is 0.0304. The van der Waals surface area contributed by atoms with Gasteiger partial charge in [0.15, 0.2) is 5.96 Å². The molecule has 1 aromatic rings. The number of nitrogens with zero attached hydrogens (tertiary/aromatic N) is 4. The highest BCUT2D eigenvalue weighted by Crippen LogP contribution is 2.38. The first kappa shape index (κ1) is 20.3. The Morgan fingerprint density at radius 3 is 2.86 bits per heavy atom. The standard InChI is InChI=1S/C22H35N5O2/c1-25(2)21(28)15-24-22(23-11-9-19-6-4-14-29-19)26-13-10-20-17(16-26)5-3-12-27(20)18-7-8-18/h4,6,14,17-18,20H,3,5,7-13,15-16H2,1-2H3,(H,23,24). The molecule has 1 aromatic heterocycles. The van der Waals surface area contributed by atoms with Crippen LogP contribution in [0.3, 0.4) is 0 Å². The number of rotatable bonds is 6. The smallest absolute Gasteiger partial charge is 0.243 e. The molecule has 7 heteroatoms. The Labute approximate surface area is 174 Å². The number of carbonyl (C=O) groups excluding carboxylic acids is 1. The zero-order valence-electron chi connectivity index (χ0n) is 17.8. The molecule has 1 N–H and O–H groups in total. The summed E-state index contributed by atoms with van der Waals surface area (Å²) in [4.78, 5) is 23.6. The number of fused-ring (bicyclic) bond motifs is 1. The van der Waals surface area contributed by atoms with Gasteiger partial charge in [-0.25, -0.2) is 4.99 Å². The molecule has 2 aliphatic heterocycles. The number of guanidine groups is 1. The van der Waals surface area contributed by atoms with Crippen LogP contribution in [0.5, 0.6) is 0 Å². The average Bonchev–Trinajstić information content (AvgIpc) is 3.45. The minimum absolute atomic E-state index is 0.0304. The fraction of sp³-hybridized carbons (Fsp3) is 0.727. The Balaban J connectivity index is 1.39. The lowest BCUT2D eigenvalue weighted by atomic mass is 9.83. The topological polar surface area (TPSA) is 64.3 Å². The molecule has 3 heterocycles. The maximum atomic E-state index is 12.1. The number of likely N-dealkylation sites (N-methyl/N-ethyl adjacent to an activating group) is 1. The summed E-state index contributed by atoms with van der Waals surface area (Å²) < 4.78 is 5.44. The molecular weight excluding hydrogens is 366 g/mol. The summed E-state index contributed by atoms with van der Waals surface area (Å²) in [7, 11) is 3.56. The van der Waals surface area contributed by atoms with E-state index in [9.17, 15) is 4.79 Å². The Kier molecular flexibility index (Phi) is 6.43. The highest BCUT2D eigenvalue weighted by atomic mass is 16.3. The molecule has 0 spiro atoms. The third-order valence-corrected chi connectivity index (χ3v) is 6.52. The van der Waals surface area contributed by atoms with Crippen molar-refractivity contribution in [3.63, 3.8) is 0 Å². The molecule has 4 rings (SSSR count). The van der Waals surface area contributed by atoms with Crippen LogP contribution in [0.25, 0.3) is 0 Å². The van der Waals surface area contributed by atoms with Gasteiger partial charge in [-0.3, -0.25) is 9.69 Å². The Morgan fingerprint density at radius 2 is 2.14 bits per heavy atom. The van der Waals surface area contributed by atoms with Crippen LogP contribution in [-0.2, 0) is 11.2 Å². The summed E-state index contributed by atoms with van der Waals surface area (Å²) in [5.41, 5.74) is 0. The fourth-order valence-corrected chi connectivity index (χ4v) is 4.80. The SMILES string of the molecule is CN(C)C(=O)CN=C(NCCc1ccco1)N1CCC2C(CCCN2C2CC2)C1. The second-order valence-corrected chi connectivity index (χ2v) is 8.86. The highest BCUT2D eigenvalue weighted by Gasteiger charge is 2.42. The molecule has 3 aliphatic rings. The van der Waals surface area contributed by atoms with E-state index in [2.05, 4.69) is 20.1 Å². The van der Waals surface area contributed by atoms with Crippen molar-refractivity contribution in [2.24, 2.45) is 10.9 Å². The Bertz CT molecular complexity index is 698. The molecule has 2 saturated heterocycles. The van der Waals surface area contributed by atoms with Crippen molar-refractivity contribution in [1.82, 2.24) is 20.0 Å². The lowest BCUT2D eigenvalue weighted by Gasteiger charge is -2.48. The molecular formula is C22H35N5O2. The summed E-state index contributed by atoms with van der Waals surface area (Å²) in [6, 6.07) is 5.50. The van der Waals surface area contributed by atoms with Crippen LogP contribution in [0.2, 0.25) is 0 Å². The number of carbonyl (C=O) groups is 1. The molecule has 0 radical (unpaired) electrons. The summed E-state index contributed by atoms with van der Waals surface area (Å²) in [6.07, 6.45) is 9.11. The summed E-state index contributed by atoms with van der Waals surface area (Å²) in [5, 5.41) is 3.50. The first-order valence-electron chi connectivity index (χ1n) is 11.1. The van der Waals surface area contributed by atoms with Crippen LogP contribution in [0.1, 0.15) is 37.9 Å². The monoisotopic (exact) mass is 401 g/mol. The van der Waals surface area contributed by atoms with E-state index in [1.807, 2.05) is 12.1 Å². The first-order chi connectivity index (χ1) is 14.1. The largest absolute Gasteiger partial charge is 0.469 e. The van der Waals surface area contributed by atoms with E-state index in [4.69, 9.17) is 4.42 Å². The predicted octanol–water partition coefficient (Wildman–Crippen LogP) is 1.80. The average molecular weight is 402 g/mol. The molecule has 7 nitrogen and oxygen atoms in total. The number of piperidine rings is 2. The van der Waals surface area contributed by atoms with Crippen molar-refractivity contribution in [1.29, 1.82) is 0 Å². The zero-order valence-corrected chi connectivity index (χ0v) is 17.8. The van der Waals surface area contributed by atoms with E-state index in [1.54, 1.807) is 25.3 Å². The fourth-order valence-electron chi connectivity index (χ4n) is 4.80. The van der Waals surface area contributed by atoms with Crippen molar-refractivity contribution in [3.05, 3.63) is 24.2 Å². The third kappa shape index (κ3) is 5.13. The molecule has 2 unspecified atom stereocenters. The van der Waals surface area contributed by atoms with E-state index in [0.29, 0.717) is 5.92 Å². The Morgan fingerprint density at radius 1 is 1.28 bits per heavy atom. The molecule has 2 atom stereocenters. The second-order valence-electron chi connectivity index (χ2n) is 8.86. The number of hydrogen-bond donors (Lipinski definition) is 1. The summed E-state index contributed by atoms with van der Waals surface area (Å²) in [5.74, 6) is 2.57. The van der Waals surface area contributed by atoms with Gasteiger partial charge in [0, 0.05) is 52.2 Å². The van der Waals surface area contributed by atoms with E-state index >= 15 is 0 Å². The second kappa shape index (κ2) is 9.20. The molecule has 3 fully saturated rings. The number of nitrogens with one attached hydrogen (secondary N) is 1. The van der Waals surface area contributed by atoms with E-state index < -0.39 is 0 Å². The van der Waals surface area contributed by atoms with Crippen molar-refractivity contribution >= 4 is 11.9 Å². The van der Waals surface area contributed by atoms with Gasteiger partial charge in [0.2, 0.25) is 5.91 Å². The van der Waals surface area contributed by atoms with E-state index in [-0.39, 0.29) is 12.5 Å². The van der Waals surface area contributed by atoms with Gasteiger partial charge in [-0.05, 0) is 56.7 Å². The van der Waals surface area contributed by atoms with Gasteiger partial charge in [-0.1, -0.05) is 0 Å². The van der Waals surface area contributed by atoms with Gasteiger partial charge >= 0.3 is 0 Å². The number of furan rings is 1. The van der Waals surface area contributed by atoms with E-state index in [0.717, 1.165) is 49.9 Å². The van der Waals surface area contributed by atoms with Crippen LogP contribution in [0, 0.1) is 5.92 Å². The van der Waals surface area contributed by atoms with Gasteiger partial charge in [-0.15, -0.1) is 0 Å². The van der Waals surface area contributed by atoms with Crippen LogP contribution < -0.4 is 5.32 Å². The van der Waals surface area contributed by atoms with Gasteiger partial charge in [0.1, 0.15) is 12.3 Å². The molecule has 160 valence electrons. The van der Waals surface area contributed by atoms with Crippen LogP contribution in [-0.4, -0.2) is 85.5 Å². The minimum Gasteiger partial charge on any atom is -0.469 e. The summed E-state index contributed by atoms with van der Waals surface area (Å²) >= 11 is 0. The molecule has 29 heavy (non-hydrogen) atoms. The Hall–Kier alpha value is -2.02. The quantitative estimate of drug-likeness (QED) is 0.582. The molecule has 0 aromatic carbocycles. The number of aliphatic imine (C=N–C) groups is 1. The molecule has 1 amide bonds. The number of likely N-dealkylation sites (tertiary alicyclic amines) is 2. The predicted molar refractivity (Wildman–Crippen MR) is 114 cm³/mol. The lowest BCUT2D eigenvalue weighted by Crippen LogP contribution is -2.57. The molecule has 1 saturated carbocycles. The van der Waals surface area contributed by atoms with Crippen molar-refractivity contribution in [2.75, 3.05) is 46.8 Å². The normalized spacial score (nSPS) is 25.6. The first-order valence-corrected chi connectivity index (χ1v) is 11.1. The van der Waals surface area contributed by atoms with Crippen molar-refractivity contribution in [2.45, 2.75) is 50.6 Å². The highest BCUT2D eigenvalue weighted by molar-refractivity contribution is 5.85. The van der Waals surface area contributed by atoms with Gasteiger partial charge in [0.05, 0.1) is 6.26 Å². The third-order valence-electron chi connectivity index (χ3n) is 6.52. The van der Waals surface area contributed by atoms with Crippen LogP contribution in [0.15, 0.2) is 27.8 Å². The molecule has 1 aliphatic carbocycles. The summed E-state index contributed by atoms with van der Waals surface area (Å²) in [6.45, 7) is 4.27. The number of hydrogen-bond acceptors (Lipinski definition) is 4. The van der Waals surface area contributed by atoms with Gasteiger partial charge in [0.25, 0.3) is 0 Å². The molecule has 0 bridgehead atoms. The van der Waals surface area contributed by atoms with Crippen LogP contribution in [0.4, 0.5) is 0 Å². The lowest BCUT2D eigenvalue weighted by molar-refractivity contribution is -0.127. The van der Waals surface area contributed by atoms with Crippen molar-refractivity contribution < 1.29 is 9.21 Å². The maximum Gasteiger partial charge on any atom is 0.243 e. The number of amides is 1.